The van der Waals surface area contributed by atoms with E-state index in [2.05, 4.69) is 0 Å². The Labute approximate surface area is 211 Å². The van der Waals surface area contributed by atoms with Gasteiger partial charge < -0.3 is 29.0 Å². The summed E-state index contributed by atoms with van der Waals surface area (Å²) in [6, 6.07) is 9.87. The van der Waals surface area contributed by atoms with Crippen LogP contribution in [0.5, 0.6) is 17.2 Å². The fraction of sp³-hybridized carbons (Fsp3) is 0.429. The SMILES string of the molecule is CCCOc1ccc([C@@H]2/C(=C(\O)c3ccc4c(c3)C[C@H](C)O4)C(=O)C(=O)N2CCOC)cc1OCC. The van der Waals surface area contributed by atoms with E-state index in [1.807, 2.05) is 26.8 Å². The molecule has 1 fully saturated rings. The first-order valence-electron chi connectivity index (χ1n) is 12.4. The van der Waals surface area contributed by atoms with Crippen LogP contribution in [0.4, 0.5) is 0 Å². The van der Waals surface area contributed by atoms with Crippen LogP contribution in [-0.2, 0) is 20.7 Å². The minimum Gasteiger partial charge on any atom is -0.507 e. The third kappa shape index (κ3) is 4.91. The molecule has 0 aliphatic carbocycles. The summed E-state index contributed by atoms with van der Waals surface area (Å²) in [6.07, 6.45) is 1.59. The molecule has 8 heteroatoms. The lowest BCUT2D eigenvalue weighted by molar-refractivity contribution is -0.140. The number of hydrogen-bond acceptors (Lipinski definition) is 7. The lowest BCUT2D eigenvalue weighted by atomic mass is 9.94. The summed E-state index contributed by atoms with van der Waals surface area (Å²) in [7, 11) is 1.53. The van der Waals surface area contributed by atoms with Crippen molar-refractivity contribution in [3.8, 4) is 17.2 Å². The third-order valence-electron chi connectivity index (χ3n) is 6.29. The van der Waals surface area contributed by atoms with Crippen molar-refractivity contribution in [3.05, 3.63) is 58.7 Å². The van der Waals surface area contributed by atoms with E-state index in [0.29, 0.717) is 42.3 Å². The summed E-state index contributed by atoms with van der Waals surface area (Å²) in [5.41, 5.74) is 2.09. The van der Waals surface area contributed by atoms with E-state index in [4.69, 9.17) is 18.9 Å². The maximum absolute atomic E-state index is 13.3. The van der Waals surface area contributed by atoms with Crippen LogP contribution in [0.15, 0.2) is 42.0 Å². The topological polar surface area (TPSA) is 94.5 Å². The van der Waals surface area contributed by atoms with Gasteiger partial charge in [-0.2, -0.15) is 0 Å². The van der Waals surface area contributed by atoms with Crippen molar-refractivity contribution in [1.82, 2.24) is 4.90 Å². The molecule has 1 N–H and O–H groups in total. The average molecular weight is 496 g/mol. The molecule has 1 amide bonds. The van der Waals surface area contributed by atoms with Gasteiger partial charge in [-0.1, -0.05) is 13.0 Å². The Morgan fingerprint density at radius 1 is 1.08 bits per heavy atom. The Hall–Kier alpha value is -3.52. The molecule has 0 aromatic heterocycles. The minimum atomic E-state index is -0.803. The molecule has 192 valence electrons. The van der Waals surface area contributed by atoms with Crippen LogP contribution >= 0.6 is 0 Å². The first-order valence-corrected chi connectivity index (χ1v) is 12.4. The van der Waals surface area contributed by atoms with E-state index >= 15 is 0 Å². The third-order valence-corrected chi connectivity index (χ3v) is 6.29. The first kappa shape index (κ1) is 25.6. The van der Waals surface area contributed by atoms with Gasteiger partial charge in [0.2, 0.25) is 0 Å². The standard InChI is InChI=1S/C28H33NO7/c1-5-12-35-22-10-7-18(16-23(22)34-6-2)25-24(27(31)28(32)29(25)11-13-33-4)26(30)19-8-9-21-20(15-19)14-17(3)36-21/h7-10,15-17,25,30H,5-6,11-14H2,1-4H3/b26-24+/t17-,25+/m0/s1. The molecule has 0 unspecified atom stereocenters. The number of ketones is 1. The Morgan fingerprint density at radius 2 is 1.89 bits per heavy atom. The molecule has 4 rings (SSSR count). The lowest BCUT2D eigenvalue weighted by Gasteiger charge is -2.26. The van der Waals surface area contributed by atoms with Crippen LogP contribution in [-0.4, -0.2) is 61.3 Å². The number of fused-ring (bicyclic) bond motifs is 1. The Bertz CT molecular complexity index is 1170. The van der Waals surface area contributed by atoms with E-state index in [-0.39, 0.29) is 30.6 Å². The van der Waals surface area contributed by atoms with Crippen LogP contribution in [0.2, 0.25) is 0 Å². The monoisotopic (exact) mass is 495 g/mol. The van der Waals surface area contributed by atoms with Crippen molar-refractivity contribution < 1.29 is 33.6 Å². The van der Waals surface area contributed by atoms with Gasteiger partial charge in [-0.25, -0.2) is 0 Å². The van der Waals surface area contributed by atoms with E-state index in [1.165, 1.54) is 12.0 Å². The number of likely N-dealkylation sites (tertiary alicyclic amines) is 1. The Morgan fingerprint density at radius 3 is 2.61 bits per heavy atom. The van der Waals surface area contributed by atoms with Gasteiger partial charge in [0.1, 0.15) is 17.6 Å². The van der Waals surface area contributed by atoms with Crippen LogP contribution in [0.25, 0.3) is 5.76 Å². The fourth-order valence-corrected chi connectivity index (χ4v) is 4.67. The molecule has 0 radical (unpaired) electrons. The largest absolute Gasteiger partial charge is 0.507 e. The lowest BCUT2D eigenvalue weighted by Crippen LogP contribution is -2.32. The summed E-state index contributed by atoms with van der Waals surface area (Å²) in [4.78, 5) is 27.8. The highest BCUT2D eigenvalue weighted by molar-refractivity contribution is 6.46. The average Bonchev–Trinajstić information content (AvgIpc) is 3.37. The molecule has 1 saturated heterocycles. The Kier molecular flexibility index (Phi) is 7.84. The van der Waals surface area contributed by atoms with Crippen LogP contribution < -0.4 is 14.2 Å². The summed E-state index contributed by atoms with van der Waals surface area (Å²) < 4.78 is 22.6. The number of aliphatic hydroxyl groups is 1. The second-order valence-corrected chi connectivity index (χ2v) is 8.93. The highest BCUT2D eigenvalue weighted by atomic mass is 16.5. The number of hydrogen-bond donors (Lipinski definition) is 1. The molecule has 2 aromatic rings. The predicted octanol–water partition coefficient (Wildman–Crippen LogP) is 4.27. The zero-order chi connectivity index (χ0) is 25.8. The maximum atomic E-state index is 13.3. The molecule has 2 atom stereocenters. The molecule has 0 saturated carbocycles. The minimum absolute atomic E-state index is 0.0349. The number of Topliss-reactive ketones (excluding diaryl/α,β-unsaturated/α-hetero) is 1. The van der Waals surface area contributed by atoms with Crippen LogP contribution in [0, 0.1) is 0 Å². The first-order chi connectivity index (χ1) is 17.4. The van der Waals surface area contributed by atoms with Gasteiger partial charge in [-0.05, 0) is 61.7 Å². The second kappa shape index (κ2) is 11.0. The van der Waals surface area contributed by atoms with Gasteiger partial charge in [0.05, 0.1) is 31.4 Å². The number of benzene rings is 2. The number of amides is 1. The highest BCUT2D eigenvalue weighted by Crippen LogP contribution is 2.42. The number of carbonyl (C=O) groups excluding carboxylic acids is 2. The van der Waals surface area contributed by atoms with Crippen molar-refractivity contribution in [2.24, 2.45) is 0 Å². The molecule has 0 spiro atoms. The summed E-state index contributed by atoms with van der Waals surface area (Å²) in [5.74, 6) is 0.238. The van der Waals surface area contributed by atoms with Crippen molar-refractivity contribution in [1.29, 1.82) is 0 Å². The predicted molar refractivity (Wildman–Crippen MR) is 135 cm³/mol. The molecule has 2 aliphatic rings. The van der Waals surface area contributed by atoms with Gasteiger partial charge in [-0.15, -0.1) is 0 Å². The van der Waals surface area contributed by atoms with Crippen molar-refractivity contribution in [3.63, 3.8) is 0 Å². The smallest absolute Gasteiger partial charge is 0.295 e. The van der Waals surface area contributed by atoms with Gasteiger partial charge >= 0.3 is 0 Å². The van der Waals surface area contributed by atoms with Crippen molar-refractivity contribution in [2.75, 3.05) is 33.5 Å². The Balaban J connectivity index is 1.82. The number of nitrogens with zero attached hydrogens (tertiary/aromatic N) is 1. The van der Waals surface area contributed by atoms with Crippen LogP contribution in [0.1, 0.15) is 49.9 Å². The molecule has 0 bridgehead atoms. The van der Waals surface area contributed by atoms with E-state index in [9.17, 15) is 14.7 Å². The maximum Gasteiger partial charge on any atom is 0.295 e. The summed E-state index contributed by atoms with van der Waals surface area (Å²) >= 11 is 0. The molecule has 2 aliphatic heterocycles. The molecule has 8 nitrogen and oxygen atoms in total. The van der Waals surface area contributed by atoms with Gasteiger partial charge in [-0.3, -0.25) is 9.59 Å². The van der Waals surface area contributed by atoms with E-state index in [0.717, 1.165) is 17.7 Å². The summed E-state index contributed by atoms with van der Waals surface area (Å²) in [6.45, 7) is 7.26. The van der Waals surface area contributed by atoms with Gasteiger partial charge in [0.15, 0.2) is 11.5 Å². The van der Waals surface area contributed by atoms with Crippen LogP contribution in [0.3, 0.4) is 0 Å². The molecule has 2 aromatic carbocycles. The molecule has 36 heavy (non-hydrogen) atoms. The molecular formula is C28H33NO7. The normalized spacial score (nSPS) is 20.4. The number of carbonyl (C=O) groups is 2. The van der Waals surface area contributed by atoms with E-state index in [1.54, 1.807) is 30.3 Å². The molecule has 2 heterocycles. The number of rotatable bonds is 10. The number of ether oxygens (including phenoxy) is 4. The quantitative estimate of drug-likeness (QED) is 0.299. The molecular weight excluding hydrogens is 462 g/mol. The number of methoxy groups -OCH3 is 1. The second-order valence-electron chi connectivity index (χ2n) is 8.93. The summed E-state index contributed by atoms with van der Waals surface area (Å²) in [5, 5.41) is 11.4. The van der Waals surface area contributed by atoms with Gasteiger partial charge in [0.25, 0.3) is 11.7 Å². The van der Waals surface area contributed by atoms with Gasteiger partial charge in [0, 0.05) is 25.6 Å². The van der Waals surface area contributed by atoms with Crippen molar-refractivity contribution >= 4 is 17.4 Å². The van der Waals surface area contributed by atoms with E-state index < -0.39 is 17.7 Å². The highest BCUT2D eigenvalue weighted by Gasteiger charge is 2.46. The fourth-order valence-electron chi connectivity index (χ4n) is 4.67. The number of aliphatic hydroxyl groups excluding tert-OH is 1. The zero-order valence-corrected chi connectivity index (χ0v) is 21.2. The zero-order valence-electron chi connectivity index (χ0n) is 21.2. The van der Waals surface area contributed by atoms with Crippen molar-refractivity contribution in [2.45, 2.75) is 45.8 Å².